The van der Waals surface area contributed by atoms with Gasteiger partial charge in [-0.3, -0.25) is 29.4 Å². The largest absolute Gasteiger partial charge is 0.423 e. The molecule has 0 unspecified atom stereocenters. The molecule has 0 saturated heterocycles. The fourth-order valence-electron chi connectivity index (χ4n) is 3.11. The van der Waals surface area contributed by atoms with Crippen LogP contribution in [0.2, 0.25) is 0 Å². The number of fused-ring (bicyclic) bond motifs is 2. The maximum Gasteiger partial charge on any atom is 0.336 e. The molecule has 2 heterocycles. The van der Waals surface area contributed by atoms with Crippen molar-refractivity contribution in [2.24, 2.45) is 0 Å². The summed E-state index contributed by atoms with van der Waals surface area (Å²) in [6.07, 6.45) is 0. The molecule has 0 bridgehead atoms. The Bertz CT molecular complexity index is 1280. The van der Waals surface area contributed by atoms with Gasteiger partial charge in [-0.05, 0) is 30.3 Å². The van der Waals surface area contributed by atoms with E-state index in [0.29, 0.717) is 21.6 Å². The Morgan fingerprint density at radius 1 is 1.07 bits per heavy atom. The predicted molar refractivity (Wildman–Crippen MR) is 99.6 cm³/mol. The van der Waals surface area contributed by atoms with E-state index in [2.05, 4.69) is 5.32 Å². The first-order valence-electron chi connectivity index (χ1n) is 8.32. The van der Waals surface area contributed by atoms with Gasteiger partial charge in [-0.1, -0.05) is 6.07 Å². The number of rotatable bonds is 4. The monoisotopic (exact) mass is 393 g/mol. The molecule has 0 fully saturated rings. The highest BCUT2D eigenvalue weighted by Crippen LogP contribution is 2.30. The van der Waals surface area contributed by atoms with Crippen LogP contribution in [-0.4, -0.2) is 34.1 Å². The van der Waals surface area contributed by atoms with Crippen molar-refractivity contribution in [3.63, 3.8) is 0 Å². The van der Waals surface area contributed by atoms with Gasteiger partial charge >= 0.3 is 5.63 Å². The number of hydrogen-bond acceptors (Lipinski definition) is 7. The molecule has 3 amide bonds. The summed E-state index contributed by atoms with van der Waals surface area (Å²) in [5.41, 5.74) is -0.732. The van der Waals surface area contributed by atoms with Crippen LogP contribution in [0.5, 0.6) is 0 Å². The second-order valence-corrected chi connectivity index (χ2v) is 6.21. The number of carbonyl (C=O) groups excluding carboxylic acids is 3. The van der Waals surface area contributed by atoms with Gasteiger partial charge in [0.15, 0.2) is 0 Å². The summed E-state index contributed by atoms with van der Waals surface area (Å²) >= 11 is 0. The van der Waals surface area contributed by atoms with E-state index in [9.17, 15) is 29.3 Å². The number of hydrogen-bond donors (Lipinski definition) is 1. The van der Waals surface area contributed by atoms with Crippen LogP contribution in [0.15, 0.2) is 57.7 Å². The number of imide groups is 1. The fourth-order valence-corrected chi connectivity index (χ4v) is 3.11. The number of nitrogens with zero attached hydrogens (tertiary/aromatic N) is 2. The molecule has 29 heavy (non-hydrogen) atoms. The van der Waals surface area contributed by atoms with E-state index >= 15 is 0 Å². The van der Waals surface area contributed by atoms with Gasteiger partial charge in [-0.15, -0.1) is 0 Å². The molecule has 1 aliphatic heterocycles. The molecule has 0 atom stereocenters. The third-order valence-electron chi connectivity index (χ3n) is 4.38. The number of carbonyl (C=O) groups is 3. The molecule has 1 aliphatic rings. The predicted octanol–water partition coefficient (Wildman–Crippen LogP) is 1.94. The Morgan fingerprint density at radius 3 is 2.62 bits per heavy atom. The van der Waals surface area contributed by atoms with Crippen LogP contribution in [0.4, 0.5) is 11.4 Å². The number of amides is 3. The second kappa shape index (κ2) is 6.68. The van der Waals surface area contributed by atoms with Gasteiger partial charge in [0.2, 0.25) is 5.91 Å². The summed E-state index contributed by atoms with van der Waals surface area (Å²) in [6.45, 7) is -0.606. The number of anilines is 1. The molecule has 10 heteroatoms. The van der Waals surface area contributed by atoms with Crippen LogP contribution in [0.3, 0.4) is 0 Å². The van der Waals surface area contributed by atoms with Crippen LogP contribution < -0.4 is 10.9 Å². The molecule has 0 radical (unpaired) electrons. The van der Waals surface area contributed by atoms with E-state index in [0.717, 1.165) is 6.07 Å². The standard InChI is InChI=1S/C19H11N3O7/c23-15(20-11-5-6-14-10(8-11)4-7-16(24)29-14)9-21-18(25)12-2-1-3-13(22(27)28)17(12)19(21)26/h1-8H,9H2,(H,20,23). The van der Waals surface area contributed by atoms with E-state index < -0.39 is 40.5 Å². The molecule has 144 valence electrons. The van der Waals surface area contributed by atoms with Crippen LogP contribution in [0.1, 0.15) is 20.7 Å². The number of benzene rings is 2. The van der Waals surface area contributed by atoms with Gasteiger partial charge in [0, 0.05) is 23.2 Å². The minimum atomic E-state index is -0.896. The van der Waals surface area contributed by atoms with Crippen LogP contribution in [0.25, 0.3) is 11.0 Å². The van der Waals surface area contributed by atoms with Gasteiger partial charge in [0.25, 0.3) is 17.5 Å². The number of nitrogens with one attached hydrogen (secondary N) is 1. The molecule has 4 rings (SSSR count). The third kappa shape index (κ3) is 3.12. The van der Waals surface area contributed by atoms with Gasteiger partial charge in [0.1, 0.15) is 17.7 Å². The molecular formula is C19H11N3O7. The van der Waals surface area contributed by atoms with Crippen molar-refractivity contribution in [2.45, 2.75) is 0 Å². The normalized spacial score (nSPS) is 12.9. The number of nitro groups is 1. The lowest BCUT2D eigenvalue weighted by Crippen LogP contribution is -2.37. The zero-order valence-electron chi connectivity index (χ0n) is 14.6. The summed E-state index contributed by atoms with van der Waals surface area (Å²) in [5, 5.41) is 14.2. The summed E-state index contributed by atoms with van der Waals surface area (Å²) in [5.74, 6) is -2.34. The lowest BCUT2D eigenvalue weighted by atomic mass is 10.1. The Balaban J connectivity index is 1.54. The molecule has 0 spiro atoms. The van der Waals surface area contributed by atoms with Crippen molar-refractivity contribution in [2.75, 3.05) is 11.9 Å². The minimum Gasteiger partial charge on any atom is -0.423 e. The van der Waals surface area contributed by atoms with Crippen molar-refractivity contribution in [1.82, 2.24) is 4.90 Å². The quantitative estimate of drug-likeness (QED) is 0.309. The smallest absolute Gasteiger partial charge is 0.336 e. The zero-order chi connectivity index (χ0) is 20.7. The Morgan fingerprint density at radius 2 is 1.86 bits per heavy atom. The molecule has 1 N–H and O–H groups in total. The molecule has 2 aromatic carbocycles. The van der Waals surface area contributed by atoms with Crippen LogP contribution >= 0.6 is 0 Å². The van der Waals surface area contributed by atoms with E-state index in [1.165, 1.54) is 36.4 Å². The molecule has 10 nitrogen and oxygen atoms in total. The van der Waals surface area contributed by atoms with Crippen molar-refractivity contribution in [1.29, 1.82) is 0 Å². The Kier molecular flexibility index (Phi) is 4.15. The summed E-state index contributed by atoms with van der Waals surface area (Å²) < 4.78 is 5.00. The molecule has 3 aromatic rings. The average Bonchev–Trinajstić information content (AvgIpc) is 2.93. The van der Waals surface area contributed by atoms with Crippen LogP contribution in [0, 0.1) is 10.1 Å². The zero-order valence-corrected chi connectivity index (χ0v) is 14.6. The van der Waals surface area contributed by atoms with Crippen molar-refractivity contribution in [3.05, 3.63) is 80.2 Å². The second-order valence-electron chi connectivity index (χ2n) is 6.21. The van der Waals surface area contributed by atoms with Crippen molar-refractivity contribution in [3.8, 4) is 0 Å². The molecule has 0 aliphatic carbocycles. The van der Waals surface area contributed by atoms with Crippen molar-refractivity contribution >= 4 is 40.1 Å². The van der Waals surface area contributed by atoms with Crippen LogP contribution in [-0.2, 0) is 4.79 Å². The third-order valence-corrected chi connectivity index (χ3v) is 4.38. The maximum absolute atomic E-state index is 12.5. The minimum absolute atomic E-state index is 0.113. The Labute approximate surface area is 161 Å². The SMILES string of the molecule is O=C(CN1C(=O)c2cccc([N+](=O)[O-])c2C1=O)Nc1ccc2oc(=O)ccc2c1. The highest BCUT2D eigenvalue weighted by molar-refractivity contribution is 6.24. The average molecular weight is 393 g/mol. The Hall–Kier alpha value is -4.34. The van der Waals surface area contributed by atoms with Gasteiger partial charge in [-0.2, -0.15) is 0 Å². The van der Waals surface area contributed by atoms with E-state index in [-0.39, 0.29) is 11.1 Å². The summed E-state index contributed by atoms with van der Waals surface area (Å²) in [4.78, 5) is 59.5. The van der Waals surface area contributed by atoms with Gasteiger partial charge in [-0.25, -0.2) is 4.79 Å². The highest BCUT2D eigenvalue weighted by Gasteiger charge is 2.41. The molecule has 0 saturated carbocycles. The first kappa shape index (κ1) is 18.0. The fraction of sp³-hybridized carbons (Fsp3) is 0.0526. The summed E-state index contributed by atoms with van der Waals surface area (Å²) in [6, 6.07) is 11.1. The van der Waals surface area contributed by atoms with E-state index in [1.807, 2.05) is 0 Å². The topological polar surface area (TPSA) is 140 Å². The number of nitro benzene ring substituents is 1. The first-order chi connectivity index (χ1) is 13.8. The maximum atomic E-state index is 12.5. The summed E-state index contributed by atoms with van der Waals surface area (Å²) in [7, 11) is 0. The highest BCUT2D eigenvalue weighted by atomic mass is 16.6. The van der Waals surface area contributed by atoms with Gasteiger partial charge in [0.05, 0.1) is 10.5 Å². The van der Waals surface area contributed by atoms with Crippen molar-refractivity contribution < 1.29 is 23.7 Å². The lowest BCUT2D eigenvalue weighted by molar-refractivity contribution is -0.385. The first-order valence-corrected chi connectivity index (χ1v) is 8.32. The van der Waals surface area contributed by atoms with E-state index in [4.69, 9.17) is 4.42 Å². The molecular weight excluding hydrogens is 382 g/mol. The van der Waals surface area contributed by atoms with E-state index in [1.54, 1.807) is 6.07 Å². The molecule has 1 aromatic heterocycles. The lowest BCUT2D eigenvalue weighted by Gasteiger charge is -2.13. The van der Waals surface area contributed by atoms with Gasteiger partial charge < -0.3 is 9.73 Å².